The van der Waals surface area contributed by atoms with Gasteiger partial charge in [0.25, 0.3) is 0 Å². The molecule has 1 aromatic rings. The van der Waals surface area contributed by atoms with Crippen molar-refractivity contribution in [2.75, 3.05) is 6.61 Å². The van der Waals surface area contributed by atoms with Gasteiger partial charge in [0.1, 0.15) is 0 Å². The lowest BCUT2D eigenvalue weighted by Crippen LogP contribution is -2.17. The van der Waals surface area contributed by atoms with Crippen molar-refractivity contribution in [3.63, 3.8) is 0 Å². The molecule has 0 heterocycles. The van der Waals surface area contributed by atoms with Crippen LogP contribution in [0.3, 0.4) is 0 Å². The molecular weight excluding hydrogens is 279 g/mol. The van der Waals surface area contributed by atoms with E-state index in [9.17, 15) is 14.0 Å². The van der Waals surface area contributed by atoms with Crippen LogP contribution in [-0.4, -0.2) is 23.8 Å². The van der Waals surface area contributed by atoms with E-state index in [4.69, 9.17) is 14.6 Å². The van der Waals surface area contributed by atoms with E-state index >= 15 is 0 Å². The van der Waals surface area contributed by atoms with Gasteiger partial charge < -0.3 is 14.6 Å². The summed E-state index contributed by atoms with van der Waals surface area (Å²) in [5, 5.41) is 8.76. The van der Waals surface area contributed by atoms with Crippen LogP contribution < -0.4 is 4.74 Å². The van der Waals surface area contributed by atoms with E-state index < -0.39 is 23.9 Å². The van der Waals surface area contributed by atoms with Gasteiger partial charge in [-0.1, -0.05) is 26.0 Å². The highest BCUT2D eigenvalue weighted by molar-refractivity contribution is 5.69. The Balaban J connectivity index is 2.30. The van der Waals surface area contributed by atoms with E-state index in [2.05, 4.69) is 0 Å². The molecule has 1 aromatic carbocycles. The topological polar surface area (TPSA) is 72.8 Å². The molecule has 0 saturated carbocycles. The van der Waals surface area contributed by atoms with Crippen LogP contribution in [0.25, 0.3) is 0 Å². The molecule has 0 aliphatic heterocycles. The average Bonchev–Trinajstić information content (AvgIpc) is 2.44. The Bertz CT molecular complexity index is 489. The number of aliphatic carboxylic acids is 1. The summed E-state index contributed by atoms with van der Waals surface area (Å²) in [6, 6.07) is 5.54. The third-order valence-corrected chi connectivity index (χ3v) is 3.03. The van der Waals surface area contributed by atoms with Crippen LogP contribution in [0.1, 0.15) is 26.7 Å². The molecule has 0 bridgehead atoms. The number of halogens is 1. The molecule has 1 N–H and O–H groups in total. The fourth-order valence-electron chi connectivity index (χ4n) is 1.60. The average molecular weight is 298 g/mol. The van der Waals surface area contributed by atoms with Gasteiger partial charge in [-0.05, 0) is 30.9 Å². The van der Waals surface area contributed by atoms with Crippen molar-refractivity contribution in [3.8, 4) is 5.75 Å². The Morgan fingerprint density at radius 3 is 2.52 bits per heavy atom. The third-order valence-electron chi connectivity index (χ3n) is 3.03. The molecular formula is C15H19FO5. The highest BCUT2D eigenvalue weighted by Gasteiger charge is 2.15. The molecule has 0 fully saturated rings. The van der Waals surface area contributed by atoms with Crippen molar-refractivity contribution in [2.45, 2.75) is 26.7 Å². The van der Waals surface area contributed by atoms with Crippen molar-refractivity contribution >= 4 is 12.1 Å². The van der Waals surface area contributed by atoms with Crippen LogP contribution in [0.5, 0.6) is 5.75 Å². The second-order valence-corrected chi connectivity index (χ2v) is 5.02. The quantitative estimate of drug-likeness (QED) is 0.616. The summed E-state index contributed by atoms with van der Waals surface area (Å²) >= 11 is 0. The zero-order valence-electron chi connectivity index (χ0n) is 12.0. The first-order valence-corrected chi connectivity index (χ1v) is 6.72. The third kappa shape index (κ3) is 6.25. The van der Waals surface area contributed by atoms with E-state index in [-0.39, 0.29) is 18.3 Å². The van der Waals surface area contributed by atoms with Gasteiger partial charge in [-0.25, -0.2) is 9.18 Å². The predicted molar refractivity (Wildman–Crippen MR) is 73.6 cm³/mol. The second-order valence-electron chi connectivity index (χ2n) is 5.02. The normalized spacial score (nSPS) is 13.3. The van der Waals surface area contributed by atoms with Crippen LogP contribution >= 0.6 is 0 Å². The highest BCUT2D eigenvalue weighted by atomic mass is 19.1. The van der Waals surface area contributed by atoms with Crippen molar-refractivity contribution in [1.82, 2.24) is 0 Å². The summed E-state index contributed by atoms with van der Waals surface area (Å²) in [6.07, 6.45) is 0.140. The lowest BCUT2D eigenvalue weighted by atomic mass is 9.99. The molecule has 0 aliphatic carbocycles. The summed E-state index contributed by atoms with van der Waals surface area (Å²) in [7, 11) is 0. The maximum atomic E-state index is 13.2. The van der Waals surface area contributed by atoms with Gasteiger partial charge >= 0.3 is 12.1 Å². The molecule has 0 saturated heterocycles. The summed E-state index contributed by atoms with van der Waals surface area (Å²) in [5.74, 6) is -2.10. The van der Waals surface area contributed by atoms with Crippen LogP contribution in [0, 0.1) is 17.7 Å². The molecule has 2 atom stereocenters. The zero-order chi connectivity index (χ0) is 15.8. The largest absolute Gasteiger partial charge is 0.513 e. The fourth-order valence-corrected chi connectivity index (χ4v) is 1.60. The summed E-state index contributed by atoms with van der Waals surface area (Å²) in [4.78, 5) is 22.1. The van der Waals surface area contributed by atoms with E-state index in [0.29, 0.717) is 12.8 Å². The standard InChI is InChI=1S/C15H19FO5/c1-10(7-8-11(2)14(17)18)9-20-15(19)21-13-6-4-3-5-12(13)16/h3-6,10-11H,7-9H2,1-2H3,(H,17,18). The monoisotopic (exact) mass is 298 g/mol. The number of carboxylic acid groups (broad SMARTS) is 1. The van der Waals surface area contributed by atoms with Gasteiger partial charge in [-0.2, -0.15) is 0 Å². The van der Waals surface area contributed by atoms with E-state index in [0.717, 1.165) is 0 Å². The molecule has 5 nitrogen and oxygen atoms in total. The van der Waals surface area contributed by atoms with Crippen molar-refractivity contribution in [1.29, 1.82) is 0 Å². The van der Waals surface area contributed by atoms with Crippen molar-refractivity contribution in [2.24, 2.45) is 11.8 Å². The summed E-state index contributed by atoms with van der Waals surface area (Å²) < 4.78 is 22.9. The van der Waals surface area contributed by atoms with Gasteiger partial charge in [0.05, 0.1) is 12.5 Å². The highest BCUT2D eigenvalue weighted by Crippen LogP contribution is 2.17. The summed E-state index contributed by atoms with van der Waals surface area (Å²) in [5.41, 5.74) is 0. The number of hydrogen-bond donors (Lipinski definition) is 1. The zero-order valence-corrected chi connectivity index (χ0v) is 12.0. The number of para-hydroxylation sites is 1. The minimum Gasteiger partial charge on any atom is -0.481 e. The second kappa shape index (κ2) is 8.24. The van der Waals surface area contributed by atoms with Gasteiger partial charge in [-0.3, -0.25) is 4.79 Å². The number of rotatable bonds is 7. The van der Waals surface area contributed by atoms with Gasteiger partial charge in [0.2, 0.25) is 0 Å². The minimum atomic E-state index is -0.974. The lowest BCUT2D eigenvalue weighted by molar-refractivity contribution is -0.141. The fraction of sp³-hybridized carbons (Fsp3) is 0.467. The predicted octanol–water partition coefficient (Wildman–Crippen LogP) is 3.48. The molecule has 21 heavy (non-hydrogen) atoms. The van der Waals surface area contributed by atoms with Crippen molar-refractivity contribution in [3.05, 3.63) is 30.1 Å². The molecule has 0 aliphatic rings. The van der Waals surface area contributed by atoms with Crippen molar-refractivity contribution < 1.29 is 28.6 Å². The summed E-state index contributed by atoms with van der Waals surface area (Å²) in [6.45, 7) is 3.56. The van der Waals surface area contributed by atoms with Crippen LogP contribution in [0.2, 0.25) is 0 Å². The molecule has 0 radical (unpaired) electrons. The molecule has 116 valence electrons. The maximum Gasteiger partial charge on any atom is 0.513 e. The maximum absolute atomic E-state index is 13.2. The Morgan fingerprint density at radius 2 is 1.90 bits per heavy atom. The number of carbonyl (C=O) groups is 2. The smallest absolute Gasteiger partial charge is 0.481 e. The van der Waals surface area contributed by atoms with Gasteiger partial charge in [0.15, 0.2) is 11.6 Å². The van der Waals surface area contributed by atoms with Gasteiger partial charge in [0, 0.05) is 0 Å². The first kappa shape index (κ1) is 16.9. The Morgan fingerprint density at radius 1 is 1.24 bits per heavy atom. The molecule has 0 aromatic heterocycles. The number of carboxylic acids is 1. The molecule has 6 heteroatoms. The Kier molecular flexibility index (Phi) is 6.65. The molecule has 0 amide bonds. The van der Waals surface area contributed by atoms with Crippen LogP contribution in [-0.2, 0) is 9.53 Å². The first-order chi connectivity index (χ1) is 9.90. The van der Waals surface area contributed by atoms with E-state index in [1.165, 1.54) is 18.2 Å². The van der Waals surface area contributed by atoms with Crippen LogP contribution in [0.4, 0.5) is 9.18 Å². The Labute approximate surface area is 122 Å². The number of carbonyl (C=O) groups excluding carboxylic acids is 1. The number of benzene rings is 1. The SMILES string of the molecule is CC(CCC(C)C(=O)O)COC(=O)Oc1ccccc1F. The molecule has 0 spiro atoms. The molecule has 1 rings (SSSR count). The molecule has 2 unspecified atom stereocenters. The van der Waals surface area contributed by atoms with Crippen LogP contribution in [0.15, 0.2) is 24.3 Å². The minimum absolute atomic E-state index is 0.0000275. The van der Waals surface area contributed by atoms with E-state index in [1.807, 2.05) is 6.92 Å². The Hall–Kier alpha value is -2.11. The number of hydrogen-bond acceptors (Lipinski definition) is 4. The first-order valence-electron chi connectivity index (χ1n) is 6.72. The lowest BCUT2D eigenvalue weighted by Gasteiger charge is -2.13. The number of ether oxygens (including phenoxy) is 2. The van der Waals surface area contributed by atoms with Gasteiger partial charge in [-0.15, -0.1) is 0 Å². The van der Waals surface area contributed by atoms with E-state index in [1.54, 1.807) is 13.0 Å².